The third kappa shape index (κ3) is 3.32. The molecule has 0 aliphatic rings. The first-order valence-corrected chi connectivity index (χ1v) is 5.15. The molecular weight excluding hydrogens is 225 g/mol. The van der Waals surface area contributed by atoms with Gasteiger partial charge in [-0.15, -0.1) is 0 Å². The van der Waals surface area contributed by atoms with E-state index in [-0.39, 0.29) is 23.5 Å². The fraction of sp³-hybridized carbons (Fsp3) is 0.364. The van der Waals surface area contributed by atoms with Crippen LogP contribution in [0.5, 0.6) is 0 Å². The number of nitrogens with zero attached hydrogens (tertiary/aromatic N) is 1. The summed E-state index contributed by atoms with van der Waals surface area (Å²) < 4.78 is 18.3. The Bertz CT molecular complexity index is 421. The lowest BCUT2D eigenvalue weighted by molar-refractivity contribution is 0.0527. The van der Waals surface area contributed by atoms with Crippen LogP contribution < -0.4 is 11.2 Å². The number of carbonyl (C=O) groups is 1. The maximum absolute atomic E-state index is 13.5. The predicted octanol–water partition coefficient (Wildman–Crippen LogP) is 1.47. The summed E-state index contributed by atoms with van der Waals surface area (Å²) in [7, 11) is 3.42. The van der Waals surface area contributed by atoms with Crippen molar-refractivity contribution in [1.82, 2.24) is 5.01 Å². The van der Waals surface area contributed by atoms with Crippen molar-refractivity contribution in [3.05, 3.63) is 23.5 Å². The number of esters is 1. The number of hydrogen-bond donors (Lipinski definition) is 2. The average Bonchev–Trinajstić information content (AvgIpc) is 2.21. The Kier molecular flexibility index (Phi) is 4.28. The van der Waals surface area contributed by atoms with Gasteiger partial charge in [0.15, 0.2) is 0 Å². The van der Waals surface area contributed by atoms with Gasteiger partial charge in [0.25, 0.3) is 0 Å². The average molecular weight is 241 g/mol. The van der Waals surface area contributed by atoms with Crippen molar-refractivity contribution in [2.75, 3.05) is 31.9 Å². The number of anilines is 2. The van der Waals surface area contributed by atoms with Crippen LogP contribution in [0.3, 0.4) is 0 Å². The van der Waals surface area contributed by atoms with Crippen LogP contribution in [0.25, 0.3) is 0 Å². The number of nitrogens with two attached hydrogens (primary N) is 1. The van der Waals surface area contributed by atoms with Crippen LogP contribution in [-0.2, 0) is 4.74 Å². The van der Waals surface area contributed by atoms with Crippen molar-refractivity contribution in [3.63, 3.8) is 0 Å². The molecule has 3 N–H and O–H groups in total. The number of carbonyl (C=O) groups excluding carboxylic acids is 1. The number of rotatable bonds is 4. The van der Waals surface area contributed by atoms with Gasteiger partial charge in [0.05, 0.1) is 17.9 Å². The van der Waals surface area contributed by atoms with Gasteiger partial charge in [-0.25, -0.2) is 14.2 Å². The van der Waals surface area contributed by atoms with Crippen molar-refractivity contribution >= 4 is 17.3 Å². The summed E-state index contributed by atoms with van der Waals surface area (Å²) in [5, 5.41) is 1.56. The normalized spacial score (nSPS) is 10.4. The molecule has 0 unspecified atom stereocenters. The van der Waals surface area contributed by atoms with Crippen molar-refractivity contribution in [2.24, 2.45) is 0 Å². The minimum absolute atomic E-state index is 0.0604. The first-order valence-electron chi connectivity index (χ1n) is 5.15. The zero-order valence-electron chi connectivity index (χ0n) is 10.1. The predicted molar refractivity (Wildman–Crippen MR) is 64.1 cm³/mol. The van der Waals surface area contributed by atoms with E-state index in [1.165, 1.54) is 6.07 Å². The molecule has 17 heavy (non-hydrogen) atoms. The van der Waals surface area contributed by atoms with Gasteiger partial charge in [0, 0.05) is 19.8 Å². The van der Waals surface area contributed by atoms with E-state index in [9.17, 15) is 9.18 Å². The van der Waals surface area contributed by atoms with Gasteiger partial charge in [-0.3, -0.25) is 0 Å². The van der Waals surface area contributed by atoms with E-state index in [0.717, 1.165) is 6.07 Å². The van der Waals surface area contributed by atoms with E-state index >= 15 is 0 Å². The highest BCUT2D eigenvalue weighted by Crippen LogP contribution is 2.23. The summed E-state index contributed by atoms with van der Waals surface area (Å²) in [4.78, 5) is 11.5. The summed E-state index contributed by atoms with van der Waals surface area (Å²) >= 11 is 0. The summed E-state index contributed by atoms with van der Waals surface area (Å²) in [6, 6.07) is 2.43. The van der Waals surface area contributed by atoms with E-state index in [1.54, 1.807) is 26.0 Å². The smallest absolute Gasteiger partial charge is 0.340 e. The fourth-order valence-corrected chi connectivity index (χ4v) is 1.30. The number of hydrogen-bond acceptors (Lipinski definition) is 5. The van der Waals surface area contributed by atoms with E-state index in [2.05, 4.69) is 5.43 Å². The third-order valence-corrected chi connectivity index (χ3v) is 1.98. The van der Waals surface area contributed by atoms with Crippen molar-refractivity contribution in [2.45, 2.75) is 6.92 Å². The van der Waals surface area contributed by atoms with Crippen LogP contribution in [-0.4, -0.2) is 31.7 Å². The molecule has 94 valence electrons. The molecule has 6 heteroatoms. The molecule has 0 aliphatic heterocycles. The molecule has 0 radical (unpaired) electrons. The van der Waals surface area contributed by atoms with Crippen LogP contribution in [0.2, 0.25) is 0 Å². The molecule has 1 rings (SSSR count). The Morgan fingerprint density at radius 1 is 1.53 bits per heavy atom. The summed E-state index contributed by atoms with van der Waals surface area (Å²) in [5.41, 5.74) is 8.69. The lowest BCUT2D eigenvalue weighted by atomic mass is 10.1. The largest absolute Gasteiger partial charge is 0.462 e. The van der Waals surface area contributed by atoms with E-state index < -0.39 is 11.8 Å². The van der Waals surface area contributed by atoms with Gasteiger partial charge < -0.3 is 15.9 Å². The molecule has 1 aromatic carbocycles. The first kappa shape index (κ1) is 13.2. The SMILES string of the molecule is CCOC(=O)c1cc(NN(C)C)c(F)cc1N. The molecule has 0 saturated carbocycles. The second kappa shape index (κ2) is 5.49. The van der Waals surface area contributed by atoms with Gasteiger partial charge in [-0.2, -0.15) is 0 Å². The molecule has 0 atom stereocenters. The number of ether oxygens (including phenoxy) is 1. The monoisotopic (exact) mass is 241 g/mol. The zero-order valence-corrected chi connectivity index (χ0v) is 10.1. The molecule has 0 saturated heterocycles. The highest BCUT2D eigenvalue weighted by Gasteiger charge is 2.15. The number of hydrazine groups is 1. The van der Waals surface area contributed by atoms with E-state index in [4.69, 9.17) is 10.5 Å². The molecule has 0 heterocycles. The molecule has 5 nitrogen and oxygen atoms in total. The maximum atomic E-state index is 13.5. The van der Waals surface area contributed by atoms with Gasteiger partial charge in [0.2, 0.25) is 0 Å². The van der Waals surface area contributed by atoms with Crippen LogP contribution >= 0.6 is 0 Å². The molecule has 0 amide bonds. The quantitative estimate of drug-likeness (QED) is 0.474. The van der Waals surface area contributed by atoms with Gasteiger partial charge >= 0.3 is 5.97 Å². The summed E-state index contributed by atoms with van der Waals surface area (Å²) in [6.45, 7) is 1.93. The molecule has 0 aromatic heterocycles. The summed E-state index contributed by atoms with van der Waals surface area (Å²) in [6.07, 6.45) is 0. The topological polar surface area (TPSA) is 67.6 Å². The zero-order chi connectivity index (χ0) is 13.0. The minimum Gasteiger partial charge on any atom is -0.462 e. The summed E-state index contributed by atoms with van der Waals surface area (Å²) in [5.74, 6) is -1.09. The second-order valence-corrected chi connectivity index (χ2v) is 3.65. The second-order valence-electron chi connectivity index (χ2n) is 3.65. The molecule has 1 aromatic rings. The Balaban J connectivity index is 3.09. The Morgan fingerprint density at radius 2 is 2.18 bits per heavy atom. The minimum atomic E-state index is -0.563. The van der Waals surface area contributed by atoms with Crippen molar-refractivity contribution in [3.8, 4) is 0 Å². The molecule has 0 fully saturated rings. The van der Waals surface area contributed by atoms with Gasteiger partial charge in [0.1, 0.15) is 5.82 Å². The standard InChI is InChI=1S/C11H16FN3O2/c1-4-17-11(16)7-5-10(14-15(2)3)8(12)6-9(7)13/h5-6,14H,4,13H2,1-3H3. The maximum Gasteiger partial charge on any atom is 0.340 e. The number of benzene rings is 1. The highest BCUT2D eigenvalue weighted by atomic mass is 19.1. The number of nitrogen functional groups attached to an aromatic ring is 1. The Labute approximate surface area is 99.3 Å². The third-order valence-electron chi connectivity index (χ3n) is 1.98. The number of halogens is 1. The first-order chi connectivity index (χ1) is 7.95. The van der Waals surface area contributed by atoms with E-state index in [1.807, 2.05) is 0 Å². The van der Waals surface area contributed by atoms with E-state index in [0.29, 0.717) is 0 Å². The fourth-order valence-electron chi connectivity index (χ4n) is 1.30. The molecular formula is C11H16FN3O2. The Morgan fingerprint density at radius 3 is 2.71 bits per heavy atom. The lowest BCUT2D eigenvalue weighted by Gasteiger charge is -2.16. The number of nitrogens with one attached hydrogen (secondary N) is 1. The molecule has 0 aliphatic carbocycles. The van der Waals surface area contributed by atoms with Crippen molar-refractivity contribution in [1.29, 1.82) is 0 Å². The van der Waals surface area contributed by atoms with Gasteiger partial charge in [-0.05, 0) is 19.1 Å². The van der Waals surface area contributed by atoms with Crippen molar-refractivity contribution < 1.29 is 13.9 Å². The van der Waals surface area contributed by atoms with Crippen LogP contribution in [0.4, 0.5) is 15.8 Å². The molecule has 0 spiro atoms. The lowest BCUT2D eigenvalue weighted by Crippen LogP contribution is -2.21. The van der Waals surface area contributed by atoms with Gasteiger partial charge in [-0.1, -0.05) is 0 Å². The molecule has 0 bridgehead atoms. The van der Waals surface area contributed by atoms with Crippen LogP contribution in [0.15, 0.2) is 12.1 Å². The van der Waals surface area contributed by atoms with Crippen LogP contribution in [0.1, 0.15) is 17.3 Å². The van der Waals surface area contributed by atoms with Crippen LogP contribution in [0, 0.1) is 5.82 Å². The Hall–Kier alpha value is -1.82. The highest BCUT2D eigenvalue weighted by molar-refractivity contribution is 5.96.